The zero-order valence-corrected chi connectivity index (χ0v) is 11.1. The van der Waals surface area contributed by atoms with Gasteiger partial charge in [0.25, 0.3) is 0 Å². The van der Waals surface area contributed by atoms with E-state index in [-0.39, 0.29) is 11.9 Å². The lowest BCUT2D eigenvalue weighted by Gasteiger charge is -2.22. The Kier molecular flexibility index (Phi) is 3.87. The Morgan fingerprint density at radius 1 is 1.44 bits per heavy atom. The second-order valence-corrected chi connectivity index (χ2v) is 5.27. The number of carbonyl (C=O) groups excluding carboxylic acids is 1. The second-order valence-electron chi connectivity index (χ2n) is 3.95. The maximum atomic E-state index is 11.3. The van der Waals surface area contributed by atoms with Gasteiger partial charge in [0.15, 0.2) is 0 Å². The Labute approximate surface area is 108 Å². The second kappa shape index (κ2) is 5.19. The van der Waals surface area contributed by atoms with Gasteiger partial charge in [-0.3, -0.25) is 4.79 Å². The Morgan fingerprint density at radius 3 is 2.94 bits per heavy atom. The molecule has 1 fully saturated rings. The van der Waals surface area contributed by atoms with Crippen LogP contribution in [-0.4, -0.2) is 11.9 Å². The molecule has 0 aliphatic heterocycles. The van der Waals surface area contributed by atoms with Gasteiger partial charge in [-0.05, 0) is 31.0 Å². The van der Waals surface area contributed by atoms with Crippen LogP contribution in [0.25, 0.3) is 0 Å². The molecule has 0 heterocycles. The van der Waals surface area contributed by atoms with E-state index in [9.17, 15) is 4.79 Å². The van der Waals surface area contributed by atoms with Crippen molar-refractivity contribution in [2.45, 2.75) is 31.8 Å². The highest BCUT2D eigenvalue weighted by atomic mass is 79.9. The molecule has 2 rings (SSSR count). The minimum Gasteiger partial charge on any atom is -0.488 e. The van der Waals surface area contributed by atoms with Gasteiger partial charge in [0, 0.05) is 17.3 Å². The van der Waals surface area contributed by atoms with Crippen molar-refractivity contribution in [2.24, 2.45) is 0 Å². The number of benzene rings is 1. The highest BCUT2D eigenvalue weighted by molar-refractivity contribution is 9.10. The minimum atomic E-state index is -0.0140. The minimum absolute atomic E-state index is 0.0140. The van der Waals surface area contributed by atoms with Crippen LogP contribution in [0.5, 0.6) is 5.75 Å². The number of Topliss-reactive ketones (excluding diaryl/α,β-unsaturated/α-hetero) is 1. The number of rotatable bonds is 2. The van der Waals surface area contributed by atoms with Crippen molar-refractivity contribution >= 4 is 33.3 Å². The third-order valence-electron chi connectivity index (χ3n) is 2.62. The molecule has 0 radical (unpaired) electrons. The molecule has 0 amide bonds. The highest BCUT2D eigenvalue weighted by Gasteiger charge is 2.21. The van der Waals surface area contributed by atoms with Crippen molar-refractivity contribution in [1.82, 2.24) is 0 Å². The molecule has 0 N–H and O–H groups in total. The largest absolute Gasteiger partial charge is 0.488 e. The molecule has 0 spiro atoms. The first-order chi connectivity index (χ1) is 7.65. The van der Waals surface area contributed by atoms with Crippen LogP contribution in [-0.2, 0) is 4.79 Å². The fraction of sp³-hybridized carbons (Fsp3) is 0.417. The van der Waals surface area contributed by atoms with E-state index in [0.717, 1.165) is 17.3 Å². The summed E-state index contributed by atoms with van der Waals surface area (Å²) < 4.78 is 6.66. The Hall–Kier alpha value is -0.540. The number of ketones is 1. The molecule has 4 heteroatoms. The van der Waals surface area contributed by atoms with Gasteiger partial charge in [-0.15, -0.1) is 0 Å². The molecule has 0 bridgehead atoms. The summed E-state index contributed by atoms with van der Waals surface area (Å²) >= 11 is 9.38. The van der Waals surface area contributed by atoms with Gasteiger partial charge in [0.1, 0.15) is 17.6 Å². The van der Waals surface area contributed by atoms with Crippen molar-refractivity contribution in [2.75, 3.05) is 0 Å². The molecule has 0 saturated heterocycles. The molecule has 1 aliphatic rings. The average molecular weight is 304 g/mol. The molecular weight excluding hydrogens is 291 g/mol. The van der Waals surface area contributed by atoms with Crippen LogP contribution < -0.4 is 4.74 Å². The van der Waals surface area contributed by atoms with Crippen LogP contribution in [0.2, 0.25) is 5.02 Å². The first-order valence-electron chi connectivity index (χ1n) is 5.28. The van der Waals surface area contributed by atoms with Crippen LogP contribution >= 0.6 is 27.5 Å². The van der Waals surface area contributed by atoms with Crippen LogP contribution in [0.1, 0.15) is 25.7 Å². The van der Waals surface area contributed by atoms with Gasteiger partial charge < -0.3 is 4.74 Å². The van der Waals surface area contributed by atoms with Gasteiger partial charge in [0.2, 0.25) is 0 Å². The van der Waals surface area contributed by atoms with Gasteiger partial charge in [-0.2, -0.15) is 0 Å². The molecule has 16 heavy (non-hydrogen) atoms. The van der Waals surface area contributed by atoms with E-state index >= 15 is 0 Å². The lowest BCUT2D eigenvalue weighted by Crippen LogP contribution is -2.25. The molecule has 1 unspecified atom stereocenters. The van der Waals surface area contributed by atoms with Gasteiger partial charge >= 0.3 is 0 Å². The van der Waals surface area contributed by atoms with Crippen molar-refractivity contribution in [3.63, 3.8) is 0 Å². The maximum Gasteiger partial charge on any atom is 0.138 e. The zero-order chi connectivity index (χ0) is 11.5. The number of carbonyl (C=O) groups is 1. The summed E-state index contributed by atoms with van der Waals surface area (Å²) in [4.78, 5) is 11.3. The smallest absolute Gasteiger partial charge is 0.138 e. The van der Waals surface area contributed by atoms with E-state index in [2.05, 4.69) is 15.9 Å². The number of ether oxygens (including phenoxy) is 1. The van der Waals surface area contributed by atoms with Crippen LogP contribution in [0.3, 0.4) is 0 Å². The summed E-state index contributed by atoms with van der Waals surface area (Å²) in [7, 11) is 0. The lowest BCUT2D eigenvalue weighted by molar-refractivity contribution is -0.122. The molecular formula is C12H12BrClO2. The highest BCUT2D eigenvalue weighted by Crippen LogP contribution is 2.30. The van der Waals surface area contributed by atoms with E-state index in [1.807, 2.05) is 12.1 Å². The van der Waals surface area contributed by atoms with Crippen LogP contribution in [0.15, 0.2) is 22.7 Å². The fourth-order valence-corrected chi connectivity index (χ4v) is 2.55. The van der Waals surface area contributed by atoms with Crippen molar-refractivity contribution in [3.05, 3.63) is 27.7 Å². The SMILES string of the molecule is O=C1CCCC(Oc2ccc(Br)cc2Cl)C1. The molecule has 1 saturated carbocycles. The fourth-order valence-electron chi connectivity index (χ4n) is 1.84. The number of hydrogen-bond acceptors (Lipinski definition) is 2. The predicted octanol–water partition coefficient (Wildman–Crippen LogP) is 3.99. The van der Waals surface area contributed by atoms with E-state index in [0.29, 0.717) is 23.6 Å². The molecule has 1 aliphatic carbocycles. The monoisotopic (exact) mass is 302 g/mol. The van der Waals surface area contributed by atoms with Crippen molar-refractivity contribution in [3.8, 4) is 5.75 Å². The normalized spacial score (nSPS) is 20.9. The summed E-state index contributed by atoms with van der Waals surface area (Å²) in [5.74, 6) is 0.939. The topological polar surface area (TPSA) is 26.3 Å². The van der Waals surface area contributed by atoms with Gasteiger partial charge in [-0.25, -0.2) is 0 Å². The molecule has 2 nitrogen and oxygen atoms in total. The predicted molar refractivity (Wildman–Crippen MR) is 67.0 cm³/mol. The van der Waals surface area contributed by atoms with Gasteiger partial charge in [0.05, 0.1) is 5.02 Å². The number of halogens is 2. The standard InChI is InChI=1S/C12H12BrClO2/c13-8-4-5-12(11(14)6-8)16-10-3-1-2-9(15)7-10/h4-6,10H,1-3,7H2. The first-order valence-corrected chi connectivity index (χ1v) is 6.45. The van der Waals surface area contributed by atoms with Crippen molar-refractivity contribution in [1.29, 1.82) is 0 Å². The summed E-state index contributed by atoms with van der Waals surface area (Å²) in [6.07, 6.45) is 3.02. The third-order valence-corrected chi connectivity index (χ3v) is 3.41. The van der Waals surface area contributed by atoms with E-state index in [1.54, 1.807) is 6.07 Å². The molecule has 1 aromatic carbocycles. The first kappa shape index (κ1) is 11.9. The molecule has 0 aromatic heterocycles. The average Bonchev–Trinajstić information content (AvgIpc) is 2.22. The maximum absolute atomic E-state index is 11.3. The molecule has 1 aromatic rings. The lowest BCUT2D eigenvalue weighted by atomic mass is 9.96. The van der Waals surface area contributed by atoms with Crippen molar-refractivity contribution < 1.29 is 9.53 Å². The Bertz CT molecular complexity index is 406. The molecule has 86 valence electrons. The summed E-state index contributed by atoms with van der Waals surface area (Å²) in [6, 6.07) is 5.50. The van der Waals surface area contributed by atoms with Gasteiger partial charge in [-0.1, -0.05) is 27.5 Å². The van der Waals surface area contributed by atoms with E-state index in [1.165, 1.54) is 0 Å². The van der Waals surface area contributed by atoms with Crippen LogP contribution in [0.4, 0.5) is 0 Å². The Balaban J connectivity index is 2.05. The summed E-state index contributed by atoms with van der Waals surface area (Å²) in [5, 5.41) is 0.576. The molecule has 1 atom stereocenters. The quantitative estimate of drug-likeness (QED) is 0.825. The zero-order valence-electron chi connectivity index (χ0n) is 8.71. The third kappa shape index (κ3) is 2.98. The summed E-state index contributed by atoms with van der Waals surface area (Å²) in [6.45, 7) is 0. The van der Waals surface area contributed by atoms with E-state index in [4.69, 9.17) is 16.3 Å². The Morgan fingerprint density at radius 2 is 2.25 bits per heavy atom. The van der Waals surface area contributed by atoms with Crippen LogP contribution in [0, 0.1) is 0 Å². The number of hydrogen-bond donors (Lipinski definition) is 0. The van der Waals surface area contributed by atoms with E-state index < -0.39 is 0 Å². The summed E-state index contributed by atoms with van der Waals surface area (Å²) in [5.41, 5.74) is 0.